The summed E-state index contributed by atoms with van der Waals surface area (Å²) < 4.78 is 10.4. The number of carboxylic acids is 1. The Hall–Kier alpha value is -2.50. The number of hydrogen-bond donors (Lipinski definition) is 2. The molecule has 0 saturated carbocycles. The molecule has 6 nitrogen and oxygen atoms in total. The molecule has 1 unspecified atom stereocenters. The first-order chi connectivity index (χ1) is 9.49. The molecule has 0 bridgehead atoms. The number of benzene rings is 1. The number of para-hydroxylation sites is 1. The highest BCUT2D eigenvalue weighted by Crippen LogP contribution is 2.31. The summed E-state index contributed by atoms with van der Waals surface area (Å²) in [7, 11) is 3.02. The van der Waals surface area contributed by atoms with Crippen LogP contribution in [-0.4, -0.2) is 37.2 Å². The van der Waals surface area contributed by atoms with Crippen molar-refractivity contribution in [2.45, 2.75) is 13.0 Å². The van der Waals surface area contributed by atoms with Crippen molar-refractivity contribution in [3.8, 4) is 11.5 Å². The maximum atomic E-state index is 11.6. The average Bonchev–Trinajstić information content (AvgIpc) is 2.44. The highest BCUT2D eigenvalue weighted by atomic mass is 16.5. The smallest absolute Gasteiger partial charge is 0.325 e. The van der Waals surface area contributed by atoms with Crippen LogP contribution in [0.15, 0.2) is 24.3 Å². The number of amides is 1. The highest BCUT2D eigenvalue weighted by molar-refractivity contribution is 5.94. The molecule has 108 valence electrons. The first kappa shape index (κ1) is 15.6. The molecule has 0 fully saturated rings. The van der Waals surface area contributed by atoms with Crippen molar-refractivity contribution in [3.63, 3.8) is 0 Å². The molecule has 1 aromatic carbocycles. The van der Waals surface area contributed by atoms with Crippen molar-refractivity contribution in [1.82, 2.24) is 5.32 Å². The predicted molar refractivity (Wildman–Crippen MR) is 73.8 cm³/mol. The number of hydrogen-bond acceptors (Lipinski definition) is 4. The Kier molecular flexibility index (Phi) is 5.58. The van der Waals surface area contributed by atoms with Gasteiger partial charge in [-0.15, -0.1) is 0 Å². The number of carbonyl (C=O) groups excluding carboxylic acids is 1. The molecule has 0 aliphatic rings. The summed E-state index contributed by atoms with van der Waals surface area (Å²) in [6.45, 7) is 1.39. The summed E-state index contributed by atoms with van der Waals surface area (Å²) in [5.74, 6) is -0.533. The minimum absolute atomic E-state index is 0.496. The molecule has 0 aromatic heterocycles. The summed E-state index contributed by atoms with van der Waals surface area (Å²) in [5.41, 5.74) is 0.657. The number of carbonyl (C=O) groups is 2. The number of methoxy groups -OCH3 is 2. The third-order valence-electron chi connectivity index (χ3n) is 2.58. The van der Waals surface area contributed by atoms with Crippen LogP contribution >= 0.6 is 0 Å². The molecule has 1 rings (SSSR count). The molecule has 0 heterocycles. The highest BCUT2D eigenvalue weighted by Gasteiger charge is 2.12. The third-order valence-corrected chi connectivity index (χ3v) is 2.58. The Bertz CT molecular complexity index is 524. The van der Waals surface area contributed by atoms with Gasteiger partial charge in [0.05, 0.1) is 14.2 Å². The van der Waals surface area contributed by atoms with Crippen molar-refractivity contribution in [2.75, 3.05) is 14.2 Å². The maximum Gasteiger partial charge on any atom is 0.325 e. The second-order valence-corrected chi connectivity index (χ2v) is 3.98. The Morgan fingerprint density at radius 3 is 2.55 bits per heavy atom. The molecular weight excluding hydrogens is 262 g/mol. The van der Waals surface area contributed by atoms with Crippen molar-refractivity contribution in [1.29, 1.82) is 0 Å². The van der Waals surface area contributed by atoms with Gasteiger partial charge in [0.25, 0.3) is 0 Å². The molecule has 2 N–H and O–H groups in total. The quantitative estimate of drug-likeness (QED) is 0.767. The zero-order valence-electron chi connectivity index (χ0n) is 11.5. The Morgan fingerprint density at radius 2 is 2.00 bits per heavy atom. The molecule has 0 spiro atoms. The molecule has 0 aliphatic heterocycles. The van der Waals surface area contributed by atoms with Gasteiger partial charge in [0, 0.05) is 11.6 Å². The van der Waals surface area contributed by atoms with Crippen molar-refractivity contribution >= 4 is 18.0 Å². The fourth-order valence-corrected chi connectivity index (χ4v) is 1.53. The summed E-state index contributed by atoms with van der Waals surface area (Å²) in [6, 6.07) is 4.31. The summed E-state index contributed by atoms with van der Waals surface area (Å²) in [6.07, 6.45) is 2.78. The van der Waals surface area contributed by atoms with Crippen LogP contribution in [-0.2, 0) is 9.59 Å². The van der Waals surface area contributed by atoms with Gasteiger partial charge in [-0.1, -0.05) is 12.1 Å². The lowest BCUT2D eigenvalue weighted by Gasteiger charge is -2.10. The van der Waals surface area contributed by atoms with Gasteiger partial charge < -0.3 is 19.9 Å². The monoisotopic (exact) mass is 279 g/mol. The zero-order valence-corrected chi connectivity index (χ0v) is 11.5. The Morgan fingerprint density at radius 1 is 1.30 bits per heavy atom. The first-order valence-corrected chi connectivity index (χ1v) is 5.92. The molecule has 1 atom stereocenters. The molecule has 1 amide bonds. The number of rotatable bonds is 6. The normalized spacial score (nSPS) is 11.9. The first-order valence-electron chi connectivity index (χ1n) is 5.92. The van der Waals surface area contributed by atoms with Crippen molar-refractivity contribution < 1.29 is 24.2 Å². The van der Waals surface area contributed by atoms with Gasteiger partial charge in [-0.2, -0.15) is 0 Å². The fourth-order valence-electron chi connectivity index (χ4n) is 1.53. The predicted octanol–water partition coefficient (Wildman–Crippen LogP) is 1.31. The van der Waals surface area contributed by atoms with E-state index in [0.717, 1.165) is 0 Å². The molecule has 0 saturated heterocycles. The topological polar surface area (TPSA) is 84.9 Å². The summed E-state index contributed by atoms with van der Waals surface area (Å²) in [4.78, 5) is 22.2. The average molecular weight is 279 g/mol. The van der Waals surface area contributed by atoms with Gasteiger partial charge in [-0.05, 0) is 19.1 Å². The van der Waals surface area contributed by atoms with Gasteiger partial charge in [-0.25, -0.2) is 0 Å². The van der Waals surface area contributed by atoms with Crippen LogP contribution in [0.4, 0.5) is 0 Å². The van der Waals surface area contributed by atoms with Gasteiger partial charge >= 0.3 is 5.97 Å². The lowest BCUT2D eigenvalue weighted by molar-refractivity contribution is -0.140. The summed E-state index contributed by atoms with van der Waals surface area (Å²) >= 11 is 0. The molecular formula is C14H17NO5. The van der Waals surface area contributed by atoms with Gasteiger partial charge in [-0.3, -0.25) is 9.59 Å². The second-order valence-electron chi connectivity index (χ2n) is 3.98. The van der Waals surface area contributed by atoms with Gasteiger partial charge in [0.1, 0.15) is 6.04 Å². The van der Waals surface area contributed by atoms with E-state index in [9.17, 15) is 9.59 Å². The second kappa shape index (κ2) is 7.18. The lowest BCUT2D eigenvalue weighted by Crippen LogP contribution is -2.37. The van der Waals surface area contributed by atoms with E-state index in [-0.39, 0.29) is 0 Å². The minimum Gasteiger partial charge on any atom is -0.493 e. The molecule has 6 heteroatoms. The molecule has 20 heavy (non-hydrogen) atoms. The van der Waals surface area contributed by atoms with E-state index in [1.54, 1.807) is 18.2 Å². The number of carboxylic acid groups (broad SMARTS) is 1. The van der Waals surface area contributed by atoms with E-state index >= 15 is 0 Å². The fraction of sp³-hybridized carbons (Fsp3) is 0.286. The Balaban J connectivity index is 2.85. The van der Waals surface area contributed by atoms with Crippen LogP contribution in [0.3, 0.4) is 0 Å². The van der Waals surface area contributed by atoms with Crippen LogP contribution in [0.25, 0.3) is 6.08 Å². The van der Waals surface area contributed by atoms with E-state index < -0.39 is 17.9 Å². The van der Waals surface area contributed by atoms with Crippen LogP contribution in [0.2, 0.25) is 0 Å². The van der Waals surface area contributed by atoms with E-state index in [1.165, 1.54) is 33.3 Å². The number of aliphatic carboxylic acids is 1. The Labute approximate surface area is 117 Å². The van der Waals surface area contributed by atoms with Gasteiger partial charge in [0.2, 0.25) is 5.91 Å². The molecule has 0 radical (unpaired) electrons. The number of ether oxygens (including phenoxy) is 2. The van der Waals surface area contributed by atoms with Crippen LogP contribution in [0, 0.1) is 0 Å². The van der Waals surface area contributed by atoms with E-state index in [1.807, 2.05) is 0 Å². The minimum atomic E-state index is -1.09. The van der Waals surface area contributed by atoms with E-state index in [0.29, 0.717) is 17.1 Å². The molecule has 0 aliphatic carbocycles. The van der Waals surface area contributed by atoms with Crippen molar-refractivity contribution in [2.24, 2.45) is 0 Å². The van der Waals surface area contributed by atoms with E-state index in [2.05, 4.69) is 5.32 Å². The zero-order chi connectivity index (χ0) is 15.1. The largest absolute Gasteiger partial charge is 0.493 e. The molecule has 1 aromatic rings. The van der Waals surface area contributed by atoms with Crippen molar-refractivity contribution in [3.05, 3.63) is 29.8 Å². The lowest BCUT2D eigenvalue weighted by atomic mass is 10.1. The maximum absolute atomic E-state index is 11.6. The van der Waals surface area contributed by atoms with E-state index in [4.69, 9.17) is 14.6 Å². The third kappa shape index (κ3) is 4.01. The SMILES string of the molecule is COc1cccc(/C=C/C(=O)NC(C)C(=O)O)c1OC. The van der Waals surface area contributed by atoms with Gasteiger partial charge in [0.15, 0.2) is 11.5 Å². The standard InChI is InChI=1S/C14H17NO5/c1-9(14(17)18)15-12(16)8-7-10-5-4-6-11(19-2)13(10)20-3/h4-9H,1-3H3,(H,15,16)(H,17,18)/b8-7+. The van der Waals surface area contributed by atoms with Crippen LogP contribution in [0.5, 0.6) is 11.5 Å². The number of nitrogens with one attached hydrogen (secondary N) is 1. The van der Waals surface area contributed by atoms with Crippen LogP contribution < -0.4 is 14.8 Å². The van der Waals surface area contributed by atoms with Crippen LogP contribution in [0.1, 0.15) is 12.5 Å². The summed E-state index contributed by atoms with van der Waals surface area (Å²) in [5, 5.41) is 11.0.